The molecular formula is C11H15ClN2O2. The average Bonchev–Trinajstić information content (AvgIpc) is 2.32. The maximum atomic E-state index is 5.88. The van der Waals surface area contributed by atoms with Gasteiger partial charge in [-0.1, -0.05) is 11.6 Å². The fourth-order valence-electron chi connectivity index (χ4n) is 1.67. The quantitative estimate of drug-likeness (QED) is 0.763. The topological polar surface area (TPSA) is 44.2 Å². The van der Waals surface area contributed by atoms with Crippen LogP contribution in [0.5, 0.6) is 5.88 Å². The minimum absolute atomic E-state index is 0.456. The number of ether oxygens (including phenoxy) is 2. The largest absolute Gasteiger partial charge is 0.477 e. The van der Waals surface area contributed by atoms with Crippen LogP contribution < -0.4 is 4.74 Å². The summed E-state index contributed by atoms with van der Waals surface area (Å²) >= 11 is 5.88. The maximum absolute atomic E-state index is 5.88. The lowest BCUT2D eigenvalue weighted by atomic mass is 10.0. The molecule has 0 unspecified atom stereocenters. The highest BCUT2D eigenvalue weighted by molar-refractivity contribution is 6.30. The van der Waals surface area contributed by atoms with Gasteiger partial charge in [0, 0.05) is 18.8 Å². The molecule has 1 saturated heterocycles. The molecule has 1 aromatic heterocycles. The second kappa shape index (κ2) is 5.46. The van der Waals surface area contributed by atoms with Crippen LogP contribution in [0.2, 0.25) is 5.15 Å². The summed E-state index contributed by atoms with van der Waals surface area (Å²) in [4.78, 5) is 7.96. The van der Waals surface area contributed by atoms with E-state index in [0.717, 1.165) is 31.6 Å². The molecule has 0 aromatic carbocycles. The van der Waals surface area contributed by atoms with Gasteiger partial charge in [0.25, 0.3) is 0 Å². The third-order valence-corrected chi connectivity index (χ3v) is 3.15. The predicted octanol–water partition coefficient (Wildman–Crippen LogP) is 2.24. The first-order valence-electron chi connectivity index (χ1n) is 5.45. The van der Waals surface area contributed by atoms with E-state index in [2.05, 4.69) is 9.97 Å². The minimum atomic E-state index is 0.456. The van der Waals surface area contributed by atoms with E-state index in [-0.39, 0.29) is 0 Å². The van der Waals surface area contributed by atoms with Crippen molar-refractivity contribution in [3.8, 4) is 5.88 Å². The van der Waals surface area contributed by atoms with E-state index < -0.39 is 0 Å². The Kier molecular flexibility index (Phi) is 3.96. The Bertz CT molecular complexity index is 354. The van der Waals surface area contributed by atoms with Gasteiger partial charge in [0.1, 0.15) is 11.5 Å². The van der Waals surface area contributed by atoms with Crippen molar-refractivity contribution >= 4 is 11.6 Å². The second-order valence-electron chi connectivity index (χ2n) is 3.96. The van der Waals surface area contributed by atoms with Crippen LogP contribution >= 0.6 is 11.6 Å². The lowest BCUT2D eigenvalue weighted by molar-refractivity contribution is 0.0489. The molecule has 16 heavy (non-hydrogen) atoms. The fourth-order valence-corrected chi connectivity index (χ4v) is 1.79. The van der Waals surface area contributed by atoms with Crippen molar-refractivity contribution in [2.75, 3.05) is 19.8 Å². The van der Waals surface area contributed by atoms with Crippen molar-refractivity contribution in [2.45, 2.75) is 19.8 Å². The number of hydrogen-bond donors (Lipinski definition) is 0. The molecule has 0 amide bonds. The molecule has 0 bridgehead atoms. The molecule has 5 heteroatoms. The molecule has 0 N–H and O–H groups in total. The SMILES string of the molecule is Cc1c(Cl)ncnc1OCC1CCOCC1. The van der Waals surface area contributed by atoms with Crippen LogP contribution in [0.1, 0.15) is 18.4 Å². The Morgan fingerprint density at radius 2 is 2.19 bits per heavy atom. The van der Waals surface area contributed by atoms with Gasteiger partial charge in [-0.2, -0.15) is 0 Å². The molecule has 1 fully saturated rings. The van der Waals surface area contributed by atoms with Gasteiger partial charge in [-0.15, -0.1) is 0 Å². The van der Waals surface area contributed by atoms with Crippen LogP contribution in [0.3, 0.4) is 0 Å². The van der Waals surface area contributed by atoms with Gasteiger partial charge in [-0.05, 0) is 25.7 Å². The van der Waals surface area contributed by atoms with Crippen LogP contribution in [0.4, 0.5) is 0 Å². The number of aromatic nitrogens is 2. The standard InChI is InChI=1S/C11H15ClN2O2/c1-8-10(12)13-7-14-11(8)16-6-9-2-4-15-5-3-9/h7,9H,2-6H2,1H3. The Hall–Kier alpha value is -0.870. The lowest BCUT2D eigenvalue weighted by Gasteiger charge is -2.22. The molecule has 0 saturated carbocycles. The molecule has 0 aliphatic carbocycles. The Morgan fingerprint density at radius 1 is 1.44 bits per heavy atom. The van der Waals surface area contributed by atoms with Gasteiger partial charge in [0.2, 0.25) is 5.88 Å². The summed E-state index contributed by atoms with van der Waals surface area (Å²) in [6.45, 7) is 4.20. The van der Waals surface area contributed by atoms with Crippen LogP contribution in [-0.2, 0) is 4.74 Å². The van der Waals surface area contributed by atoms with Gasteiger partial charge in [-0.3, -0.25) is 0 Å². The summed E-state index contributed by atoms with van der Waals surface area (Å²) in [6, 6.07) is 0. The van der Waals surface area contributed by atoms with Crippen molar-refractivity contribution < 1.29 is 9.47 Å². The number of nitrogens with zero attached hydrogens (tertiary/aromatic N) is 2. The molecule has 0 radical (unpaired) electrons. The highest BCUT2D eigenvalue weighted by Crippen LogP contribution is 2.22. The minimum Gasteiger partial charge on any atom is -0.477 e. The van der Waals surface area contributed by atoms with Crippen molar-refractivity contribution in [3.05, 3.63) is 17.0 Å². The average molecular weight is 243 g/mol. The summed E-state index contributed by atoms with van der Waals surface area (Å²) in [5, 5.41) is 0.456. The van der Waals surface area contributed by atoms with Crippen molar-refractivity contribution in [3.63, 3.8) is 0 Å². The van der Waals surface area contributed by atoms with Gasteiger partial charge in [0.15, 0.2) is 0 Å². The van der Waals surface area contributed by atoms with E-state index in [4.69, 9.17) is 21.1 Å². The number of rotatable bonds is 3. The van der Waals surface area contributed by atoms with E-state index in [1.165, 1.54) is 6.33 Å². The third-order valence-electron chi connectivity index (χ3n) is 2.77. The molecule has 4 nitrogen and oxygen atoms in total. The first-order chi connectivity index (χ1) is 7.77. The normalized spacial score (nSPS) is 17.4. The molecule has 0 spiro atoms. The smallest absolute Gasteiger partial charge is 0.220 e. The van der Waals surface area contributed by atoms with E-state index in [9.17, 15) is 0 Å². The molecule has 2 heterocycles. The fraction of sp³-hybridized carbons (Fsp3) is 0.636. The zero-order valence-electron chi connectivity index (χ0n) is 9.28. The van der Waals surface area contributed by atoms with Gasteiger partial charge in [-0.25, -0.2) is 9.97 Å². The van der Waals surface area contributed by atoms with E-state index >= 15 is 0 Å². The highest BCUT2D eigenvalue weighted by Gasteiger charge is 2.15. The van der Waals surface area contributed by atoms with Crippen molar-refractivity contribution in [2.24, 2.45) is 5.92 Å². The summed E-state index contributed by atoms with van der Waals surface area (Å²) < 4.78 is 11.0. The van der Waals surface area contributed by atoms with Crippen LogP contribution in [-0.4, -0.2) is 29.8 Å². The molecule has 2 rings (SSSR count). The van der Waals surface area contributed by atoms with E-state index in [1.54, 1.807) is 0 Å². The molecular weight excluding hydrogens is 228 g/mol. The number of hydrogen-bond acceptors (Lipinski definition) is 4. The summed E-state index contributed by atoms with van der Waals surface area (Å²) in [7, 11) is 0. The van der Waals surface area contributed by atoms with Crippen molar-refractivity contribution in [1.29, 1.82) is 0 Å². The first-order valence-corrected chi connectivity index (χ1v) is 5.83. The van der Waals surface area contributed by atoms with Crippen LogP contribution in [0.25, 0.3) is 0 Å². The Balaban J connectivity index is 1.91. The third kappa shape index (κ3) is 2.83. The Labute approximate surface area is 99.9 Å². The van der Waals surface area contributed by atoms with Crippen LogP contribution in [0.15, 0.2) is 6.33 Å². The zero-order chi connectivity index (χ0) is 11.4. The highest BCUT2D eigenvalue weighted by atomic mass is 35.5. The number of halogens is 1. The summed E-state index contributed by atoms with van der Waals surface area (Å²) in [6.07, 6.45) is 3.53. The summed E-state index contributed by atoms with van der Waals surface area (Å²) in [5.74, 6) is 1.15. The zero-order valence-corrected chi connectivity index (χ0v) is 10.0. The molecule has 1 aromatic rings. The maximum Gasteiger partial charge on any atom is 0.220 e. The van der Waals surface area contributed by atoms with E-state index in [1.807, 2.05) is 6.92 Å². The second-order valence-corrected chi connectivity index (χ2v) is 4.32. The predicted molar refractivity (Wildman–Crippen MR) is 60.8 cm³/mol. The van der Waals surface area contributed by atoms with Gasteiger partial charge < -0.3 is 9.47 Å². The van der Waals surface area contributed by atoms with Gasteiger partial charge in [0.05, 0.1) is 6.61 Å². The summed E-state index contributed by atoms with van der Waals surface area (Å²) in [5.41, 5.74) is 0.802. The lowest BCUT2D eigenvalue weighted by Crippen LogP contribution is -2.21. The molecule has 1 aliphatic heterocycles. The first kappa shape index (κ1) is 11.6. The van der Waals surface area contributed by atoms with Gasteiger partial charge >= 0.3 is 0 Å². The molecule has 88 valence electrons. The monoisotopic (exact) mass is 242 g/mol. The van der Waals surface area contributed by atoms with Crippen molar-refractivity contribution in [1.82, 2.24) is 9.97 Å². The molecule has 1 aliphatic rings. The van der Waals surface area contributed by atoms with E-state index in [0.29, 0.717) is 23.6 Å². The molecule has 0 atom stereocenters. The Morgan fingerprint density at radius 3 is 2.94 bits per heavy atom. The van der Waals surface area contributed by atoms with Crippen LogP contribution in [0, 0.1) is 12.8 Å².